The van der Waals surface area contributed by atoms with Crippen molar-refractivity contribution in [2.75, 3.05) is 19.5 Å². The Hall–Kier alpha value is -2.73. The molecule has 0 radical (unpaired) electrons. The van der Waals surface area contributed by atoms with Crippen molar-refractivity contribution >= 4 is 23.7 Å². The van der Waals surface area contributed by atoms with E-state index in [4.69, 9.17) is 14.2 Å². The number of carbonyl (C=O) groups excluding carboxylic acids is 2. The summed E-state index contributed by atoms with van der Waals surface area (Å²) in [7, 11) is 0. The molecule has 0 N–H and O–H groups in total. The zero-order chi connectivity index (χ0) is 20.9. The van der Waals surface area contributed by atoms with Gasteiger partial charge in [0.1, 0.15) is 11.5 Å². The third kappa shape index (κ3) is 8.44. The molecule has 29 heavy (non-hydrogen) atoms. The Morgan fingerprint density at radius 2 is 1.52 bits per heavy atom. The fraction of sp³-hybridized carbons (Fsp3) is 0.304. The molecular formula is C23H26O5S. The summed E-state index contributed by atoms with van der Waals surface area (Å²) >= 11 is 1.63. The number of rotatable bonds is 12. The van der Waals surface area contributed by atoms with E-state index in [1.54, 1.807) is 48.2 Å². The fourth-order valence-corrected chi connectivity index (χ4v) is 2.88. The van der Waals surface area contributed by atoms with Crippen LogP contribution in [0.15, 0.2) is 66.1 Å². The van der Waals surface area contributed by atoms with Gasteiger partial charge in [-0.05, 0) is 80.5 Å². The first-order chi connectivity index (χ1) is 14.1. The van der Waals surface area contributed by atoms with Crippen molar-refractivity contribution in [3.05, 3.63) is 66.7 Å². The fourth-order valence-electron chi connectivity index (χ4n) is 2.48. The molecule has 0 aliphatic heterocycles. The maximum atomic E-state index is 12.2. The molecule has 0 aromatic heterocycles. The summed E-state index contributed by atoms with van der Waals surface area (Å²) in [6.07, 6.45) is 6.86. The smallest absolute Gasteiger partial charge is 0.343 e. The second-order valence-electron chi connectivity index (χ2n) is 6.22. The summed E-state index contributed by atoms with van der Waals surface area (Å²) in [4.78, 5) is 24.2. The van der Waals surface area contributed by atoms with Crippen molar-refractivity contribution in [3.8, 4) is 11.5 Å². The van der Waals surface area contributed by atoms with E-state index in [1.807, 2.05) is 18.4 Å². The highest BCUT2D eigenvalue weighted by molar-refractivity contribution is 7.98. The molecule has 0 aliphatic carbocycles. The summed E-state index contributed by atoms with van der Waals surface area (Å²) in [5, 5.41) is 0. The third-order valence-corrected chi connectivity index (χ3v) is 4.82. The molecule has 0 saturated carbocycles. The Morgan fingerprint density at radius 1 is 0.897 bits per heavy atom. The summed E-state index contributed by atoms with van der Waals surface area (Å²) < 4.78 is 16.0. The van der Waals surface area contributed by atoms with E-state index in [-0.39, 0.29) is 5.97 Å². The Labute approximate surface area is 176 Å². The molecule has 0 aliphatic rings. The number of ether oxygens (including phenoxy) is 3. The Kier molecular flexibility index (Phi) is 9.86. The summed E-state index contributed by atoms with van der Waals surface area (Å²) in [6, 6.07) is 14.3. The van der Waals surface area contributed by atoms with E-state index in [1.165, 1.54) is 6.08 Å². The Morgan fingerprint density at radius 3 is 2.14 bits per heavy atom. The van der Waals surface area contributed by atoms with Gasteiger partial charge < -0.3 is 14.2 Å². The van der Waals surface area contributed by atoms with Crippen molar-refractivity contribution < 1.29 is 23.8 Å². The maximum Gasteiger partial charge on any atom is 0.343 e. The molecule has 0 amide bonds. The van der Waals surface area contributed by atoms with Crippen LogP contribution in [0.1, 0.15) is 36.0 Å². The average Bonchev–Trinajstić information content (AvgIpc) is 2.76. The summed E-state index contributed by atoms with van der Waals surface area (Å²) in [6.45, 7) is 4.37. The van der Waals surface area contributed by atoms with Gasteiger partial charge in [0.2, 0.25) is 0 Å². The van der Waals surface area contributed by atoms with Crippen molar-refractivity contribution in [1.29, 1.82) is 0 Å². The number of unbranched alkanes of at least 4 members (excludes halogenated alkanes) is 3. The number of hydrogen-bond acceptors (Lipinski definition) is 6. The van der Waals surface area contributed by atoms with Crippen LogP contribution in [0.4, 0.5) is 0 Å². The molecule has 0 saturated heterocycles. The van der Waals surface area contributed by atoms with Crippen LogP contribution < -0.4 is 9.47 Å². The molecule has 2 aromatic carbocycles. The van der Waals surface area contributed by atoms with Crippen molar-refractivity contribution in [3.63, 3.8) is 0 Å². The lowest BCUT2D eigenvalue weighted by molar-refractivity contribution is -0.137. The van der Waals surface area contributed by atoms with Crippen molar-refractivity contribution in [2.45, 2.75) is 30.6 Å². The molecule has 0 spiro atoms. The van der Waals surface area contributed by atoms with E-state index in [9.17, 15) is 9.59 Å². The molecule has 5 nitrogen and oxygen atoms in total. The highest BCUT2D eigenvalue weighted by atomic mass is 32.2. The molecule has 6 heteroatoms. The largest absolute Gasteiger partial charge is 0.494 e. The lowest BCUT2D eigenvalue weighted by Crippen LogP contribution is -2.08. The molecule has 154 valence electrons. The predicted molar refractivity (Wildman–Crippen MR) is 115 cm³/mol. The minimum absolute atomic E-state index is 0.380. The average molecular weight is 415 g/mol. The minimum Gasteiger partial charge on any atom is -0.494 e. The highest BCUT2D eigenvalue weighted by Gasteiger charge is 2.09. The van der Waals surface area contributed by atoms with E-state index in [0.29, 0.717) is 30.3 Å². The molecule has 0 fully saturated rings. The maximum absolute atomic E-state index is 12.2. The Balaban J connectivity index is 1.65. The van der Waals surface area contributed by atoms with Gasteiger partial charge in [-0.3, -0.25) is 0 Å². The van der Waals surface area contributed by atoms with Gasteiger partial charge in [0, 0.05) is 11.0 Å². The lowest BCUT2D eigenvalue weighted by Gasteiger charge is -2.08. The number of thioether (sulfide) groups is 1. The first-order valence-corrected chi connectivity index (χ1v) is 10.7. The van der Waals surface area contributed by atoms with E-state index >= 15 is 0 Å². The van der Waals surface area contributed by atoms with Gasteiger partial charge in [0.25, 0.3) is 0 Å². The zero-order valence-corrected chi connectivity index (χ0v) is 17.4. The quantitative estimate of drug-likeness (QED) is 0.154. The van der Waals surface area contributed by atoms with Gasteiger partial charge in [-0.25, -0.2) is 9.59 Å². The van der Waals surface area contributed by atoms with Gasteiger partial charge in [-0.2, -0.15) is 0 Å². The molecule has 0 heterocycles. The third-order valence-electron chi connectivity index (χ3n) is 4.08. The number of esters is 2. The van der Waals surface area contributed by atoms with Crippen LogP contribution in [0, 0.1) is 0 Å². The highest BCUT2D eigenvalue weighted by Crippen LogP contribution is 2.20. The second-order valence-corrected chi connectivity index (χ2v) is 7.10. The van der Waals surface area contributed by atoms with E-state index < -0.39 is 5.97 Å². The molecule has 2 rings (SSSR count). The standard InChI is InChI=1S/C23H26O5S/c1-3-22(24)27-17-7-5-4-6-16-26-19-10-8-18(9-11-19)23(25)28-20-12-14-21(29-2)15-13-20/h3,8-15H,1,4-7,16-17H2,2H3. The number of benzene rings is 2. The van der Waals surface area contributed by atoms with Crippen molar-refractivity contribution in [2.24, 2.45) is 0 Å². The normalized spacial score (nSPS) is 10.2. The van der Waals surface area contributed by atoms with Gasteiger partial charge in [-0.15, -0.1) is 11.8 Å². The van der Waals surface area contributed by atoms with Gasteiger partial charge in [0.15, 0.2) is 0 Å². The van der Waals surface area contributed by atoms with E-state index in [0.717, 1.165) is 30.6 Å². The van der Waals surface area contributed by atoms with Crippen LogP contribution >= 0.6 is 11.8 Å². The lowest BCUT2D eigenvalue weighted by atomic mass is 10.2. The zero-order valence-electron chi connectivity index (χ0n) is 16.6. The number of carbonyl (C=O) groups is 2. The molecule has 2 aromatic rings. The van der Waals surface area contributed by atoms with Crippen LogP contribution in [0.3, 0.4) is 0 Å². The van der Waals surface area contributed by atoms with Crippen molar-refractivity contribution in [1.82, 2.24) is 0 Å². The molecular weight excluding hydrogens is 388 g/mol. The van der Waals surface area contributed by atoms with Crippen LogP contribution in [-0.4, -0.2) is 31.4 Å². The first kappa shape index (κ1) is 22.6. The molecule has 0 atom stereocenters. The number of hydrogen-bond donors (Lipinski definition) is 0. The minimum atomic E-state index is -0.398. The van der Waals surface area contributed by atoms with Crippen LogP contribution in [0.25, 0.3) is 0 Å². The molecule has 0 unspecified atom stereocenters. The first-order valence-electron chi connectivity index (χ1n) is 9.50. The second kappa shape index (κ2) is 12.7. The predicted octanol–water partition coefficient (Wildman–Crippen LogP) is 5.30. The SMILES string of the molecule is C=CC(=O)OCCCCCCOc1ccc(C(=O)Oc2ccc(SC)cc2)cc1. The van der Waals surface area contributed by atoms with E-state index in [2.05, 4.69) is 6.58 Å². The van der Waals surface area contributed by atoms with Gasteiger partial charge in [0.05, 0.1) is 18.8 Å². The topological polar surface area (TPSA) is 61.8 Å². The van der Waals surface area contributed by atoms with Crippen LogP contribution in [0.2, 0.25) is 0 Å². The summed E-state index contributed by atoms with van der Waals surface area (Å²) in [5.74, 6) is 0.456. The van der Waals surface area contributed by atoms with Crippen LogP contribution in [-0.2, 0) is 9.53 Å². The Bertz CT molecular complexity index is 784. The van der Waals surface area contributed by atoms with Gasteiger partial charge >= 0.3 is 11.9 Å². The van der Waals surface area contributed by atoms with Gasteiger partial charge in [-0.1, -0.05) is 6.58 Å². The summed E-state index contributed by atoms with van der Waals surface area (Å²) in [5.41, 5.74) is 0.473. The molecule has 0 bridgehead atoms. The monoisotopic (exact) mass is 414 g/mol. The van der Waals surface area contributed by atoms with Crippen LogP contribution in [0.5, 0.6) is 11.5 Å².